The molecule has 1 saturated carbocycles. The molecule has 5 heteroatoms. The summed E-state index contributed by atoms with van der Waals surface area (Å²) in [6.45, 7) is 2.63. The maximum Gasteiger partial charge on any atom is 0.165 e. The van der Waals surface area contributed by atoms with Crippen molar-refractivity contribution >= 4 is 5.78 Å². The van der Waals surface area contributed by atoms with Crippen molar-refractivity contribution < 1.29 is 19.4 Å². The molecule has 1 aromatic rings. The molecule has 2 aliphatic heterocycles. The van der Waals surface area contributed by atoms with Gasteiger partial charge in [0, 0.05) is 22.6 Å². The van der Waals surface area contributed by atoms with Gasteiger partial charge >= 0.3 is 0 Å². The van der Waals surface area contributed by atoms with Crippen molar-refractivity contribution in [1.82, 2.24) is 4.90 Å². The van der Waals surface area contributed by atoms with E-state index in [0.717, 1.165) is 49.1 Å². The van der Waals surface area contributed by atoms with Gasteiger partial charge in [-0.15, -0.1) is 0 Å². The summed E-state index contributed by atoms with van der Waals surface area (Å²) in [6, 6.07) is 2.25. The van der Waals surface area contributed by atoms with E-state index in [-0.39, 0.29) is 17.3 Å². The predicted molar refractivity (Wildman–Crippen MR) is 92.6 cm³/mol. The predicted octanol–water partition coefficient (Wildman–Crippen LogP) is 1.93. The second-order valence-corrected chi connectivity index (χ2v) is 8.20. The number of ether oxygens (including phenoxy) is 2. The summed E-state index contributed by atoms with van der Waals surface area (Å²) in [7, 11) is 3.82. The van der Waals surface area contributed by atoms with E-state index in [4.69, 9.17) is 9.47 Å². The molecule has 2 heterocycles. The molecule has 1 spiro atoms. The Morgan fingerprint density at radius 3 is 2.96 bits per heavy atom. The van der Waals surface area contributed by atoms with Crippen molar-refractivity contribution in [3.8, 4) is 11.5 Å². The number of piperidine rings is 1. The molecular formula is C20H25NO4. The van der Waals surface area contributed by atoms with Crippen LogP contribution in [-0.4, -0.2) is 54.7 Å². The topological polar surface area (TPSA) is 59.0 Å². The number of aliphatic hydroxyl groups excluding tert-OH is 1. The molecule has 0 aromatic heterocycles. The van der Waals surface area contributed by atoms with Gasteiger partial charge in [-0.1, -0.05) is 0 Å². The van der Waals surface area contributed by atoms with Crippen LogP contribution in [0.25, 0.3) is 0 Å². The molecular weight excluding hydrogens is 318 g/mol. The lowest BCUT2D eigenvalue weighted by Gasteiger charge is -2.58. The number of rotatable bonds is 2. The van der Waals surface area contributed by atoms with Crippen LogP contribution in [0.4, 0.5) is 0 Å². The van der Waals surface area contributed by atoms with Gasteiger partial charge in [0.1, 0.15) is 6.10 Å². The van der Waals surface area contributed by atoms with Crippen LogP contribution in [0.5, 0.6) is 11.5 Å². The number of Topliss-reactive ketones (excluding diaryl/α,β-unsaturated/α-hetero) is 1. The third-order valence-corrected chi connectivity index (χ3v) is 7.28. The van der Waals surface area contributed by atoms with Crippen LogP contribution in [0, 0.1) is 5.92 Å². The van der Waals surface area contributed by atoms with Gasteiger partial charge in [0.05, 0.1) is 13.2 Å². The molecule has 5 rings (SSSR count). The van der Waals surface area contributed by atoms with Crippen molar-refractivity contribution in [3.63, 3.8) is 0 Å². The van der Waals surface area contributed by atoms with E-state index in [1.807, 2.05) is 6.07 Å². The molecule has 0 unspecified atom stereocenters. The zero-order valence-corrected chi connectivity index (χ0v) is 15.0. The van der Waals surface area contributed by atoms with Crippen LogP contribution >= 0.6 is 0 Å². The minimum Gasteiger partial charge on any atom is -0.493 e. The van der Waals surface area contributed by atoms with E-state index in [1.54, 1.807) is 14.0 Å². The van der Waals surface area contributed by atoms with Gasteiger partial charge in [-0.2, -0.15) is 0 Å². The lowest BCUT2D eigenvalue weighted by Crippen LogP contribution is -2.66. The maximum absolute atomic E-state index is 12.4. The Kier molecular flexibility index (Phi) is 3.12. The van der Waals surface area contributed by atoms with Gasteiger partial charge in [-0.3, -0.25) is 4.79 Å². The lowest BCUT2D eigenvalue weighted by molar-refractivity contribution is -0.0993. The molecule has 25 heavy (non-hydrogen) atoms. The number of aliphatic hydroxyl groups is 1. The molecule has 2 aliphatic carbocycles. The molecule has 1 aromatic carbocycles. The Balaban J connectivity index is 1.84. The fourth-order valence-corrected chi connectivity index (χ4v) is 6.25. The number of carbonyl (C=O) groups excluding carboxylic acids is 1. The van der Waals surface area contributed by atoms with Gasteiger partial charge in [0.25, 0.3) is 0 Å². The molecule has 0 amide bonds. The fourth-order valence-electron chi connectivity index (χ4n) is 6.25. The number of benzene rings is 1. The van der Waals surface area contributed by atoms with Crippen LogP contribution in [0.2, 0.25) is 0 Å². The largest absolute Gasteiger partial charge is 0.493 e. The fraction of sp³-hybridized carbons (Fsp3) is 0.650. The van der Waals surface area contributed by atoms with Crippen LogP contribution in [0.3, 0.4) is 0 Å². The Morgan fingerprint density at radius 1 is 1.44 bits per heavy atom. The minimum absolute atomic E-state index is 0.0754. The highest BCUT2D eigenvalue weighted by molar-refractivity contribution is 5.97. The number of hydrogen-bond acceptors (Lipinski definition) is 5. The van der Waals surface area contributed by atoms with E-state index in [2.05, 4.69) is 11.9 Å². The number of likely N-dealkylation sites (tertiary alicyclic amines) is 1. The second kappa shape index (κ2) is 4.98. The van der Waals surface area contributed by atoms with Gasteiger partial charge in [0.15, 0.2) is 17.3 Å². The normalized spacial score (nSPS) is 38.1. The van der Waals surface area contributed by atoms with E-state index in [9.17, 15) is 9.90 Å². The standard InChI is InChI=1S/C20H25NO4/c1-10(22)11-9-16(24-3)18-17-12(11)8-14-13-4-5-15(23)19(25-18)20(13,17)6-7-21(14)2/h9,13-15,19,23H,4-8H2,1-3H3/t13-,14+,15-,19-,20-/m0/s1. The minimum atomic E-state index is -0.454. The first-order valence-electron chi connectivity index (χ1n) is 9.29. The monoisotopic (exact) mass is 343 g/mol. The van der Waals surface area contributed by atoms with E-state index >= 15 is 0 Å². The third kappa shape index (κ3) is 1.73. The molecule has 5 atom stereocenters. The maximum atomic E-state index is 12.4. The number of methoxy groups -OCH3 is 1. The molecule has 0 radical (unpaired) electrons. The zero-order chi connectivity index (χ0) is 17.5. The summed E-state index contributed by atoms with van der Waals surface area (Å²) in [5.41, 5.74) is 2.90. The molecule has 5 nitrogen and oxygen atoms in total. The quantitative estimate of drug-likeness (QED) is 0.832. The van der Waals surface area contributed by atoms with E-state index in [1.165, 1.54) is 5.56 Å². The third-order valence-electron chi connectivity index (χ3n) is 7.28. The van der Waals surface area contributed by atoms with Crippen molar-refractivity contribution in [3.05, 3.63) is 22.8 Å². The van der Waals surface area contributed by atoms with Crippen LogP contribution in [0.15, 0.2) is 6.07 Å². The average Bonchev–Trinajstić information content (AvgIpc) is 2.94. The molecule has 4 aliphatic rings. The zero-order valence-electron chi connectivity index (χ0n) is 15.0. The van der Waals surface area contributed by atoms with E-state index < -0.39 is 6.10 Å². The smallest absolute Gasteiger partial charge is 0.165 e. The summed E-state index contributed by atoms with van der Waals surface area (Å²) in [5.74, 6) is 1.96. The number of ketones is 1. The Labute approximate surface area is 147 Å². The number of nitrogens with zero attached hydrogens (tertiary/aromatic N) is 1. The van der Waals surface area contributed by atoms with Crippen molar-refractivity contribution in [2.45, 2.75) is 56.3 Å². The van der Waals surface area contributed by atoms with Crippen molar-refractivity contribution in [2.24, 2.45) is 5.92 Å². The van der Waals surface area contributed by atoms with Crippen LogP contribution < -0.4 is 9.47 Å². The van der Waals surface area contributed by atoms with Crippen LogP contribution in [0.1, 0.15) is 47.7 Å². The van der Waals surface area contributed by atoms with Crippen molar-refractivity contribution in [1.29, 1.82) is 0 Å². The van der Waals surface area contributed by atoms with Gasteiger partial charge in [0.2, 0.25) is 0 Å². The summed E-state index contributed by atoms with van der Waals surface area (Å²) in [6.07, 6.45) is 2.98. The Morgan fingerprint density at radius 2 is 2.24 bits per heavy atom. The highest BCUT2D eigenvalue weighted by Crippen LogP contribution is 2.64. The highest BCUT2D eigenvalue weighted by Gasteiger charge is 2.65. The molecule has 2 fully saturated rings. The first-order chi connectivity index (χ1) is 12.0. The number of likely N-dealkylation sites (N-methyl/N-ethyl adjacent to an activating group) is 1. The summed E-state index contributed by atoms with van der Waals surface area (Å²) >= 11 is 0. The summed E-state index contributed by atoms with van der Waals surface area (Å²) in [4.78, 5) is 14.8. The molecule has 1 saturated heterocycles. The second-order valence-electron chi connectivity index (χ2n) is 8.20. The van der Waals surface area contributed by atoms with Crippen molar-refractivity contribution in [2.75, 3.05) is 20.7 Å². The van der Waals surface area contributed by atoms with Gasteiger partial charge < -0.3 is 19.5 Å². The number of carbonyl (C=O) groups is 1. The van der Waals surface area contributed by atoms with Gasteiger partial charge in [-0.05, 0) is 63.7 Å². The average molecular weight is 343 g/mol. The molecule has 1 N–H and O–H groups in total. The first kappa shape index (κ1) is 15.6. The van der Waals surface area contributed by atoms with Crippen LogP contribution in [-0.2, 0) is 11.8 Å². The van der Waals surface area contributed by atoms with Gasteiger partial charge in [-0.25, -0.2) is 0 Å². The SMILES string of the molecule is COc1cc(C(C)=O)c2c3c1O[C@H]1[C@@H](O)CC[C@H]4[C@@H](C2)N(C)CC[C@@]341. The summed E-state index contributed by atoms with van der Waals surface area (Å²) in [5, 5.41) is 10.8. The molecule has 2 bridgehead atoms. The number of hydrogen-bond donors (Lipinski definition) is 1. The lowest BCUT2D eigenvalue weighted by atomic mass is 9.51. The Hall–Kier alpha value is -1.59. The van der Waals surface area contributed by atoms with E-state index in [0.29, 0.717) is 17.7 Å². The summed E-state index contributed by atoms with van der Waals surface area (Å²) < 4.78 is 12.0. The first-order valence-corrected chi connectivity index (χ1v) is 9.29. The highest BCUT2D eigenvalue weighted by atomic mass is 16.5. The molecule has 134 valence electrons. The Bertz CT molecular complexity index is 775.